The largest absolute Gasteiger partial charge is 0.376 e. The van der Waals surface area contributed by atoms with Crippen molar-refractivity contribution in [1.82, 2.24) is 0 Å². The summed E-state index contributed by atoms with van der Waals surface area (Å²) in [7, 11) is 1.68. The van der Waals surface area contributed by atoms with E-state index in [2.05, 4.69) is 0 Å². The highest BCUT2D eigenvalue weighted by Gasteiger charge is 2.47. The molecule has 0 saturated carbocycles. The van der Waals surface area contributed by atoms with Crippen LogP contribution < -0.4 is 0 Å². The molecule has 76 valence electrons. The first-order valence-corrected chi connectivity index (χ1v) is 4.65. The standard InChI is InChI=1S/C9H16O4/c1-5-7(10-3)9-8(6(2)13-5)11-4-12-9/h5-9H,4H2,1-3H3/t5-,6-,7-,8-,9-/m0/s1. The van der Waals surface area contributed by atoms with Crippen LogP contribution in [0.1, 0.15) is 13.8 Å². The van der Waals surface area contributed by atoms with Gasteiger partial charge < -0.3 is 18.9 Å². The summed E-state index contributed by atoms with van der Waals surface area (Å²) in [6, 6.07) is 0. The lowest BCUT2D eigenvalue weighted by Gasteiger charge is -2.39. The lowest BCUT2D eigenvalue weighted by atomic mass is 9.96. The third-order valence-corrected chi connectivity index (χ3v) is 2.80. The summed E-state index contributed by atoms with van der Waals surface area (Å²) in [5.74, 6) is 0. The van der Waals surface area contributed by atoms with E-state index in [0.29, 0.717) is 6.79 Å². The van der Waals surface area contributed by atoms with Crippen molar-refractivity contribution in [3.63, 3.8) is 0 Å². The van der Waals surface area contributed by atoms with Crippen LogP contribution in [0.15, 0.2) is 0 Å². The van der Waals surface area contributed by atoms with Crippen molar-refractivity contribution < 1.29 is 18.9 Å². The Morgan fingerprint density at radius 3 is 2.46 bits per heavy atom. The van der Waals surface area contributed by atoms with Gasteiger partial charge in [-0.05, 0) is 13.8 Å². The molecule has 2 fully saturated rings. The Morgan fingerprint density at radius 1 is 1.08 bits per heavy atom. The third kappa shape index (κ3) is 1.48. The molecule has 0 aromatic carbocycles. The molecule has 2 aliphatic heterocycles. The smallest absolute Gasteiger partial charge is 0.148 e. The Kier molecular flexibility index (Phi) is 2.55. The van der Waals surface area contributed by atoms with E-state index in [4.69, 9.17) is 18.9 Å². The van der Waals surface area contributed by atoms with E-state index in [0.717, 1.165) is 0 Å². The minimum absolute atomic E-state index is 0.0105. The number of hydrogen-bond acceptors (Lipinski definition) is 4. The van der Waals surface area contributed by atoms with Crippen molar-refractivity contribution in [2.75, 3.05) is 13.9 Å². The molecule has 0 aromatic rings. The number of ether oxygens (including phenoxy) is 4. The van der Waals surface area contributed by atoms with Crippen molar-refractivity contribution in [3.8, 4) is 0 Å². The second kappa shape index (κ2) is 3.53. The average Bonchev–Trinajstić information content (AvgIpc) is 2.53. The molecule has 0 unspecified atom stereocenters. The summed E-state index contributed by atoms with van der Waals surface area (Å²) >= 11 is 0. The fourth-order valence-corrected chi connectivity index (χ4v) is 2.16. The first kappa shape index (κ1) is 9.40. The predicted molar refractivity (Wildman–Crippen MR) is 45.4 cm³/mol. The van der Waals surface area contributed by atoms with E-state index in [1.165, 1.54) is 0 Å². The Morgan fingerprint density at radius 2 is 1.77 bits per heavy atom. The molecule has 0 aliphatic carbocycles. The Labute approximate surface area is 78.1 Å². The highest BCUT2D eigenvalue weighted by Crippen LogP contribution is 2.30. The molecule has 5 atom stereocenters. The molecule has 2 heterocycles. The third-order valence-electron chi connectivity index (χ3n) is 2.80. The van der Waals surface area contributed by atoms with Gasteiger partial charge in [0.25, 0.3) is 0 Å². The van der Waals surface area contributed by atoms with Crippen LogP contribution in [-0.4, -0.2) is 44.4 Å². The molecule has 4 nitrogen and oxygen atoms in total. The van der Waals surface area contributed by atoms with Crippen molar-refractivity contribution in [2.24, 2.45) is 0 Å². The average molecular weight is 188 g/mol. The van der Waals surface area contributed by atoms with E-state index in [1.54, 1.807) is 7.11 Å². The van der Waals surface area contributed by atoms with E-state index in [1.807, 2.05) is 13.8 Å². The SMILES string of the molecule is CO[C@@H]1[C@@H]2OCO[C@H]2[C@H](C)O[C@H]1C. The molecule has 0 radical (unpaired) electrons. The van der Waals surface area contributed by atoms with Gasteiger partial charge in [0.15, 0.2) is 0 Å². The molecular formula is C9H16O4. The van der Waals surface area contributed by atoms with Gasteiger partial charge in [-0.1, -0.05) is 0 Å². The van der Waals surface area contributed by atoms with Gasteiger partial charge in [0, 0.05) is 7.11 Å². The summed E-state index contributed by atoms with van der Waals surface area (Å²) < 4.78 is 21.9. The summed E-state index contributed by atoms with van der Waals surface area (Å²) in [6.07, 6.45) is 0.213. The number of rotatable bonds is 1. The van der Waals surface area contributed by atoms with Crippen molar-refractivity contribution in [3.05, 3.63) is 0 Å². The Hall–Kier alpha value is -0.160. The van der Waals surface area contributed by atoms with Crippen LogP contribution in [-0.2, 0) is 18.9 Å². The van der Waals surface area contributed by atoms with Gasteiger partial charge in [-0.25, -0.2) is 0 Å². The fraction of sp³-hybridized carbons (Fsp3) is 1.00. The van der Waals surface area contributed by atoms with Gasteiger partial charge in [0.05, 0.1) is 12.2 Å². The van der Waals surface area contributed by atoms with Crippen LogP contribution in [0, 0.1) is 0 Å². The lowest BCUT2D eigenvalue weighted by Crippen LogP contribution is -2.54. The highest BCUT2D eigenvalue weighted by molar-refractivity contribution is 4.93. The van der Waals surface area contributed by atoms with E-state index in [-0.39, 0.29) is 30.5 Å². The molecule has 2 saturated heterocycles. The van der Waals surface area contributed by atoms with Crippen LogP contribution in [0.5, 0.6) is 0 Å². The van der Waals surface area contributed by atoms with E-state index < -0.39 is 0 Å². The first-order chi connectivity index (χ1) is 6.24. The monoisotopic (exact) mass is 188 g/mol. The summed E-state index contributed by atoms with van der Waals surface area (Å²) in [4.78, 5) is 0. The van der Waals surface area contributed by atoms with Gasteiger partial charge >= 0.3 is 0 Å². The zero-order chi connectivity index (χ0) is 9.42. The Bertz CT molecular complexity index is 184. The van der Waals surface area contributed by atoms with Gasteiger partial charge in [-0.3, -0.25) is 0 Å². The van der Waals surface area contributed by atoms with Crippen molar-refractivity contribution in [2.45, 2.75) is 44.4 Å². The molecule has 2 aliphatic rings. The van der Waals surface area contributed by atoms with E-state index >= 15 is 0 Å². The zero-order valence-electron chi connectivity index (χ0n) is 8.23. The van der Waals surface area contributed by atoms with Gasteiger partial charge in [-0.2, -0.15) is 0 Å². The van der Waals surface area contributed by atoms with Gasteiger partial charge in [0.2, 0.25) is 0 Å². The lowest BCUT2D eigenvalue weighted by molar-refractivity contribution is -0.184. The Balaban J connectivity index is 2.12. The normalized spacial score (nSPS) is 50.5. The maximum Gasteiger partial charge on any atom is 0.148 e. The van der Waals surface area contributed by atoms with Crippen LogP contribution in [0.2, 0.25) is 0 Å². The van der Waals surface area contributed by atoms with Gasteiger partial charge in [0.1, 0.15) is 25.1 Å². The summed E-state index contributed by atoms with van der Waals surface area (Å²) in [5, 5.41) is 0. The molecule has 0 N–H and O–H groups in total. The molecular weight excluding hydrogens is 172 g/mol. The maximum atomic E-state index is 5.67. The second-order valence-corrected chi connectivity index (χ2v) is 3.63. The number of methoxy groups -OCH3 is 1. The molecule has 13 heavy (non-hydrogen) atoms. The van der Waals surface area contributed by atoms with Crippen molar-refractivity contribution >= 4 is 0 Å². The number of hydrogen-bond donors (Lipinski definition) is 0. The van der Waals surface area contributed by atoms with Crippen LogP contribution in [0.4, 0.5) is 0 Å². The maximum absolute atomic E-state index is 5.67. The summed E-state index contributed by atoms with van der Waals surface area (Å²) in [5.41, 5.74) is 0. The molecule has 0 bridgehead atoms. The van der Waals surface area contributed by atoms with E-state index in [9.17, 15) is 0 Å². The summed E-state index contributed by atoms with van der Waals surface area (Å²) in [6.45, 7) is 4.37. The highest BCUT2D eigenvalue weighted by atomic mass is 16.7. The quantitative estimate of drug-likeness (QED) is 0.602. The molecule has 0 amide bonds. The van der Waals surface area contributed by atoms with Crippen LogP contribution in [0.3, 0.4) is 0 Å². The predicted octanol–water partition coefficient (Wildman–Crippen LogP) is 0.550. The first-order valence-electron chi connectivity index (χ1n) is 4.65. The van der Waals surface area contributed by atoms with Crippen molar-refractivity contribution in [1.29, 1.82) is 0 Å². The second-order valence-electron chi connectivity index (χ2n) is 3.63. The minimum Gasteiger partial charge on any atom is -0.376 e. The molecule has 0 spiro atoms. The molecule has 0 aromatic heterocycles. The minimum atomic E-state index is -0.0105. The zero-order valence-corrected chi connectivity index (χ0v) is 8.23. The van der Waals surface area contributed by atoms with Gasteiger partial charge in [-0.15, -0.1) is 0 Å². The number of fused-ring (bicyclic) bond motifs is 1. The molecule has 2 rings (SSSR count). The van der Waals surface area contributed by atoms with Crippen LogP contribution in [0.25, 0.3) is 0 Å². The fourth-order valence-electron chi connectivity index (χ4n) is 2.16. The topological polar surface area (TPSA) is 36.9 Å². The van der Waals surface area contributed by atoms with Crippen LogP contribution >= 0.6 is 0 Å². The molecule has 4 heteroatoms.